The molecular formula is C22H25N5O2S. The second-order valence-corrected chi connectivity index (χ2v) is 8.04. The first-order chi connectivity index (χ1) is 14.8. The number of aromatic nitrogens is 3. The fourth-order valence-electron chi connectivity index (χ4n) is 3.43. The number of H-pyrrole nitrogens is 1. The molecule has 1 saturated heterocycles. The highest BCUT2D eigenvalue weighted by Crippen LogP contribution is 2.21. The molecule has 1 amide bonds. The van der Waals surface area contributed by atoms with Crippen LogP contribution < -0.4 is 5.32 Å². The molecule has 4 rings (SSSR count). The van der Waals surface area contributed by atoms with Gasteiger partial charge in [0.1, 0.15) is 6.33 Å². The molecular weight excluding hydrogens is 398 g/mol. The Labute approximate surface area is 180 Å². The lowest BCUT2D eigenvalue weighted by Crippen LogP contribution is -2.36. The van der Waals surface area contributed by atoms with E-state index in [-0.39, 0.29) is 5.91 Å². The SMILES string of the molecule is O=C(NCc1ccccc1CN1CCOCC1)c1ccccc1CSc1ncn[nH]1. The Morgan fingerprint density at radius 3 is 2.57 bits per heavy atom. The van der Waals surface area contributed by atoms with Gasteiger partial charge in [-0.3, -0.25) is 14.8 Å². The third-order valence-electron chi connectivity index (χ3n) is 5.07. The minimum atomic E-state index is -0.0649. The van der Waals surface area contributed by atoms with Gasteiger partial charge < -0.3 is 10.1 Å². The van der Waals surface area contributed by atoms with E-state index in [1.807, 2.05) is 30.3 Å². The van der Waals surface area contributed by atoms with Gasteiger partial charge in [-0.1, -0.05) is 54.2 Å². The zero-order valence-electron chi connectivity index (χ0n) is 16.7. The summed E-state index contributed by atoms with van der Waals surface area (Å²) < 4.78 is 5.44. The molecule has 2 N–H and O–H groups in total. The molecule has 0 radical (unpaired) electrons. The number of nitrogens with one attached hydrogen (secondary N) is 2. The molecule has 1 fully saturated rings. The van der Waals surface area contributed by atoms with E-state index in [4.69, 9.17) is 4.74 Å². The van der Waals surface area contributed by atoms with Crippen LogP contribution in [0, 0.1) is 0 Å². The fourth-order valence-corrected chi connectivity index (χ4v) is 4.22. The molecule has 30 heavy (non-hydrogen) atoms. The van der Waals surface area contributed by atoms with Gasteiger partial charge in [-0.25, -0.2) is 4.98 Å². The number of hydrogen-bond acceptors (Lipinski definition) is 6. The minimum Gasteiger partial charge on any atom is -0.379 e. The Morgan fingerprint density at radius 1 is 1.07 bits per heavy atom. The number of thioether (sulfide) groups is 1. The summed E-state index contributed by atoms with van der Waals surface area (Å²) >= 11 is 1.52. The second kappa shape index (κ2) is 10.4. The maximum Gasteiger partial charge on any atom is 0.251 e. The lowest BCUT2D eigenvalue weighted by Gasteiger charge is -2.27. The predicted molar refractivity (Wildman–Crippen MR) is 116 cm³/mol. The van der Waals surface area contributed by atoms with E-state index in [1.165, 1.54) is 23.7 Å². The molecule has 0 spiro atoms. The summed E-state index contributed by atoms with van der Waals surface area (Å²) in [5.74, 6) is 0.580. The van der Waals surface area contributed by atoms with Gasteiger partial charge in [0, 0.05) is 37.5 Å². The standard InChI is InChI=1S/C22H25N5O2S/c28-21(20-8-4-3-7-19(20)15-30-22-24-16-25-26-22)23-13-17-5-1-2-6-18(17)14-27-9-11-29-12-10-27/h1-8,16H,9-15H2,(H,23,28)(H,24,25,26). The van der Waals surface area contributed by atoms with E-state index in [0.29, 0.717) is 17.9 Å². The summed E-state index contributed by atoms with van der Waals surface area (Å²) in [5.41, 5.74) is 4.05. The molecule has 2 heterocycles. The monoisotopic (exact) mass is 423 g/mol. The average Bonchev–Trinajstić information content (AvgIpc) is 3.31. The maximum absolute atomic E-state index is 12.9. The Kier molecular flexibility index (Phi) is 7.12. The lowest BCUT2D eigenvalue weighted by atomic mass is 10.1. The zero-order valence-corrected chi connectivity index (χ0v) is 17.5. The molecule has 0 atom stereocenters. The number of ether oxygens (including phenoxy) is 1. The van der Waals surface area contributed by atoms with Gasteiger partial charge in [-0.05, 0) is 22.8 Å². The number of aromatic amines is 1. The van der Waals surface area contributed by atoms with E-state index >= 15 is 0 Å². The molecule has 7 nitrogen and oxygen atoms in total. The topological polar surface area (TPSA) is 83.1 Å². The minimum absolute atomic E-state index is 0.0649. The van der Waals surface area contributed by atoms with E-state index in [0.717, 1.165) is 49.1 Å². The molecule has 0 unspecified atom stereocenters. The number of carbonyl (C=O) groups is 1. The number of nitrogens with zero attached hydrogens (tertiary/aromatic N) is 3. The number of rotatable bonds is 8. The normalized spacial score (nSPS) is 14.5. The van der Waals surface area contributed by atoms with Crippen molar-refractivity contribution in [1.82, 2.24) is 25.4 Å². The summed E-state index contributed by atoms with van der Waals surface area (Å²) in [5, 5.41) is 10.5. The molecule has 3 aromatic rings. The van der Waals surface area contributed by atoms with E-state index in [2.05, 4.69) is 43.6 Å². The summed E-state index contributed by atoms with van der Waals surface area (Å²) in [7, 11) is 0. The molecule has 156 valence electrons. The molecule has 2 aromatic carbocycles. The third kappa shape index (κ3) is 5.47. The lowest BCUT2D eigenvalue weighted by molar-refractivity contribution is 0.0340. The van der Waals surface area contributed by atoms with Crippen molar-refractivity contribution >= 4 is 17.7 Å². The molecule has 0 saturated carbocycles. The number of amides is 1. The van der Waals surface area contributed by atoms with Crippen LogP contribution in [0.5, 0.6) is 0 Å². The van der Waals surface area contributed by atoms with Crippen molar-refractivity contribution in [3.8, 4) is 0 Å². The molecule has 8 heteroatoms. The van der Waals surface area contributed by atoms with Crippen molar-refractivity contribution in [2.24, 2.45) is 0 Å². The van der Waals surface area contributed by atoms with Gasteiger partial charge in [-0.15, -0.1) is 0 Å². The van der Waals surface area contributed by atoms with Crippen LogP contribution in [-0.4, -0.2) is 52.3 Å². The molecule has 0 bridgehead atoms. The number of morpholine rings is 1. The molecule has 1 aliphatic heterocycles. The summed E-state index contributed by atoms with van der Waals surface area (Å²) in [6.07, 6.45) is 1.48. The zero-order chi connectivity index (χ0) is 20.6. The largest absolute Gasteiger partial charge is 0.379 e. The maximum atomic E-state index is 12.9. The third-order valence-corrected chi connectivity index (χ3v) is 6.00. The number of hydrogen-bond donors (Lipinski definition) is 2. The van der Waals surface area contributed by atoms with Gasteiger partial charge in [-0.2, -0.15) is 5.10 Å². The van der Waals surface area contributed by atoms with Gasteiger partial charge in [0.05, 0.1) is 13.2 Å². The van der Waals surface area contributed by atoms with Crippen LogP contribution in [0.2, 0.25) is 0 Å². The van der Waals surface area contributed by atoms with Crippen LogP contribution in [-0.2, 0) is 23.6 Å². The number of benzene rings is 2. The van der Waals surface area contributed by atoms with Crippen LogP contribution in [0.1, 0.15) is 27.0 Å². The smallest absolute Gasteiger partial charge is 0.251 e. The Morgan fingerprint density at radius 2 is 1.80 bits per heavy atom. The summed E-state index contributed by atoms with van der Waals surface area (Å²) in [4.78, 5) is 19.4. The van der Waals surface area contributed by atoms with Crippen molar-refractivity contribution < 1.29 is 9.53 Å². The van der Waals surface area contributed by atoms with Crippen molar-refractivity contribution in [2.75, 3.05) is 26.3 Å². The van der Waals surface area contributed by atoms with Crippen LogP contribution in [0.4, 0.5) is 0 Å². The highest BCUT2D eigenvalue weighted by Gasteiger charge is 2.15. The average molecular weight is 424 g/mol. The quantitative estimate of drug-likeness (QED) is 0.542. The van der Waals surface area contributed by atoms with E-state index < -0.39 is 0 Å². The van der Waals surface area contributed by atoms with E-state index in [9.17, 15) is 4.79 Å². The first-order valence-electron chi connectivity index (χ1n) is 10.0. The highest BCUT2D eigenvalue weighted by molar-refractivity contribution is 7.98. The van der Waals surface area contributed by atoms with Crippen molar-refractivity contribution in [1.29, 1.82) is 0 Å². The highest BCUT2D eigenvalue weighted by atomic mass is 32.2. The van der Waals surface area contributed by atoms with Crippen molar-refractivity contribution in [3.05, 3.63) is 77.1 Å². The predicted octanol–water partition coefficient (Wildman–Crippen LogP) is 2.86. The summed E-state index contributed by atoms with van der Waals surface area (Å²) in [6, 6.07) is 16.0. The van der Waals surface area contributed by atoms with Crippen LogP contribution in [0.3, 0.4) is 0 Å². The van der Waals surface area contributed by atoms with Gasteiger partial charge in [0.25, 0.3) is 5.91 Å². The van der Waals surface area contributed by atoms with Crippen molar-refractivity contribution in [2.45, 2.75) is 24.0 Å². The molecule has 1 aromatic heterocycles. The molecule has 1 aliphatic rings. The van der Waals surface area contributed by atoms with Crippen LogP contribution >= 0.6 is 11.8 Å². The van der Waals surface area contributed by atoms with Crippen molar-refractivity contribution in [3.63, 3.8) is 0 Å². The Hall–Kier alpha value is -2.68. The van der Waals surface area contributed by atoms with Crippen LogP contribution in [0.25, 0.3) is 0 Å². The summed E-state index contributed by atoms with van der Waals surface area (Å²) in [6.45, 7) is 4.82. The van der Waals surface area contributed by atoms with E-state index in [1.54, 1.807) is 0 Å². The Bertz CT molecular complexity index is 958. The fraction of sp³-hybridized carbons (Fsp3) is 0.318. The number of carbonyl (C=O) groups excluding carboxylic acids is 1. The molecule has 0 aliphatic carbocycles. The van der Waals surface area contributed by atoms with Crippen LogP contribution in [0.15, 0.2) is 60.0 Å². The first kappa shape index (κ1) is 20.6. The first-order valence-corrected chi connectivity index (χ1v) is 11.0. The van der Waals surface area contributed by atoms with Gasteiger partial charge in [0.2, 0.25) is 0 Å². The van der Waals surface area contributed by atoms with Gasteiger partial charge in [0.15, 0.2) is 5.16 Å². The second-order valence-electron chi connectivity index (χ2n) is 7.08. The Balaban J connectivity index is 1.39. The van der Waals surface area contributed by atoms with Gasteiger partial charge >= 0.3 is 0 Å².